The SMILES string of the molecule is COc1ccc(CCC(=O)N(CCC(F)(F)F)C(C(=O)NCc2ccc(OC)cc2)c2csc(C)n2)cc1. The molecule has 0 aliphatic heterocycles. The van der Waals surface area contributed by atoms with Crippen LogP contribution in [-0.2, 0) is 22.6 Å². The third-order valence-corrected chi connectivity index (χ3v) is 6.64. The Morgan fingerprint density at radius 3 is 2.08 bits per heavy atom. The van der Waals surface area contributed by atoms with Crippen LogP contribution in [0.3, 0.4) is 0 Å². The molecule has 0 saturated heterocycles. The first-order valence-corrected chi connectivity index (χ1v) is 12.8. The van der Waals surface area contributed by atoms with Gasteiger partial charge in [0.25, 0.3) is 0 Å². The maximum Gasteiger partial charge on any atom is 0.390 e. The van der Waals surface area contributed by atoms with E-state index in [4.69, 9.17) is 9.47 Å². The third-order valence-electron chi connectivity index (χ3n) is 5.85. The Bertz CT molecular complexity index is 1200. The molecule has 2 aromatic carbocycles. The molecular formula is C27H30F3N3O4S. The fourth-order valence-electron chi connectivity index (χ4n) is 3.80. The molecule has 0 bridgehead atoms. The number of aromatic nitrogens is 1. The van der Waals surface area contributed by atoms with Crippen molar-refractivity contribution in [2.24, 2.45) is 0 Å². The maximum atomic E-state index is 13.4. The summed E-state index contributed by atoms with van der Waals surface area (Å²) in [6, 6.07) is 12.8. The minimum Gasteiger partial charge on any atom is -0.497 e. The van der Waals surface area contributed by atoms with Gasteiger partial charge >= 0.3 is 6.18 Å². The molecule has 0 aliphatic carbocycles. The fraction of sp³-hybridized carbons (Fsp3) is 0.370. The summed E-state index contributed by atoms with van der Waals surface area (Å²) in [6.07, 6.45) is -5.53. The molecule has 1 unspecified atom stereocenters. The van der Waals surface area contributed by atoms with Crippen LogP contribution in [-0.4, -0.2) is 48.6 Å². The second kappa shape index (κ2) is 13.3. The van der Waals surface area contributed by atoms with Crippen LogP contribution >= 0.6 is 11.3 Å². The Labute approximate surface area is 223 Å². The van der Waals surface area contributed by atoms with Crippen LogP contribution < -0.4 is 14.8 Å². The van der Waals surface area contributed by atoms with E-state index in [1.165, 1.54) is 18.4 Å². The lowest BCUT2D eigenvalue weighted by Gasteiger charge is -2.30. The minimum absolute atomic E-state index is 0.0738. The molecule has 0 saturated carbocycles. The molecule has 2 amide bonds. The Morgan fingerprint density at radius 1 is 1.00 bits per heavy atom. The predicted octanol–water partition coefficient (Wildman–Crippen LogP) is 5.24. The van der Waals surface area contributed by atoms with Gasteiger partial charge in [-0.15, -0.1) is 11.3 Å². The largest absolute Gasteiger partial charge is 0.497 e. The van der Waals surface area contributed by atoms with E-state index in [2.05, 4.69) is 10.3 Å². The van der Waals surface area contributed by atoms with Crippen molar-refractivity contribution in [3.8, 4) is 11.5 Å². The number of nitrogens with one attached hydrogen (secondary N) is 1. The number of rotatable bonds is 12. The lowest BCUT2D eigenvalue weighted by molar-refractivity contribution is -0.152. The summed E-state index contributed by atoms with van der Waals surface area (Å²) in [5, 5.41) is 4.99. The number of ether oxygens (including phenoxy) is 2. The number of benzene rings is 2. The number of thiazole rings is 1. The lowest BCUT2D eigenvalue weighted by atomic mass is 10.1. The van der Waals surface area contributed by atoms with Crippen LogP contribution in [0.1, 0.15) is 40.7 Å². The average molecular weight is 550 g/mol. The van der Waals surface area contributed by atoms with Crippen LogP contribution in [0.5, 0.6) is 11.5 Å². The van der Waals surface area contributed by atoms with Gasteiger partial charge in [0.1, 0.15) is 11.5 Å². The Balaban J connectivity index is 1.83. The van der Waals surface area contributed by atoms with E-state index in [-0.39, 0.29) is 18.7 Å². The summed E-state index contributed by atoms with van der Waals surface area (Å²) in [6.45, 7) is 1.18. The van der Waals surface area contributed by atoms with E-state index >= 15 is 0 Å². The highest BCUT2D eigenvalue weighted by Crippen LogP contribution is 2.28. The van der Waals surface area contributed by atoms with E-state index in [1.807, 2.05) is 0 Å². The van der Waals surface area contributed by atoms with E-state index in [9.17, 15) is 22.8 Å². The van der Waals surface area contributed by atoms with Gasteiger partial charge < -0.3 is 19.7 Å². The first-order chi connectivity index (χ1) is 18.1. The van der Waals surface area contributed by atoms with Crippen LogP contribution in [0, 0.1) is 6.92 Å². The van der Waals surface area contributed by atoms with Crippen LogP contribution in [0.25, 0.3) is 0 Å². The van der Waals surface area contributed by atoms with Crippen molar-refractivity contribution >= 4 is 23.2 Å². The topological polar surface area (TPSA) is 80.8 Å². The molecule has 1 atom stereocenters. The summed E-state index contributed by atoms with van der Waals surface area (Å²) in [5.74, 6) is 0.127. The highest BCUT2D eigenvalue weighted by atomic mass is 32.1. The molecule has 1 N–H and O–H groups in total. The van der Waals surface area contributed by atoms with E-state index in [0.717, 1.165) is 16.0 Å². The van der Waals surface area contributed by atoms with E-state index < -0.39 is 37.0 Å². The van der Waals surface area contributed by atoms with Gasteiger partial charge in [0, 0.05) is 24.9 Å². The molecule has 204 valence electrons. The molecule has 11 heteroatoms. The Kier molecular flexibility index (Phi) is 10.1. The van der Waals surface area contributed by atoms with Gasteiger partial charge in [-0.05, 0) is 48.7 Å². The highest BCUT2D eigenvalue weighted by molar-refractivity contribution is 7.09. The van der Waals surface area contributed by atoms with E-state index in [1.54, 1.807) is 67.9 Å². The molecule has 0 aliphatic rings. The first kappa shape index (κ1) is 29.0. The maximum absolute atomic E-state index is 13.4. The van der Waals surface area contributed by atoms with Crippen LogP contribution in [0.2, 0.25) is 0 Å². The van der Waals surface area contributed by atoms with Crippen molar-refractivity contribution in [3.05, 3.63) is 75.7 Å². The summed E-state index contributed by atoms with van der Waals surface area (Å²) in [7, 11) is 3.08. The second-order valence-corrected chi connectivity index (χ2v) is 9.62. The van der Waals surface area contributed by atoms with Crippen molar-refractivity contribution in [3.63, 3.8) is 0 Å². The van der Waals surface area contributed by atoms with Crippen molar-refractivity contribution in [2.75, 3.05) is 20.8 Å². The molecule has 0 spiro atoms. The molecule has 38 heavy (non-hydrogen) atoms. The van der Waals surface area contributed by atoms with Crippen LogP contribution in [0.15, 0.2) is 53.9 Å². The molecule has 0 radical (unpaired) electrons. The fourth-order valence-corrected chi connectivity index (χ4v) is 4.43. The molecule has 3 rings (SSSR count). The normalized spacial score (nSPS) is 12.1. The minimum atomic E-state index is -4.50. The standard InChI is InChI=1S/C27H30F3N3O4S/c1-18-32-23(17-38-18)25(26(35)31-16-20-6-11-22(37-3)12-7-20)33(15-14-27(28,29)30)24(34)13-8-19-4-9-21(36-2)10-5-19/h4-7,9-12,17,25H,8,13-16H2,1-3H3,(H,31,35). The van der Waals surface area contributed by atoms with Gasteiger partial charge in [-0.2, -0.15) is 13.2 Å². The first-order valence-electron chi connectivity index (χ1n) is 11.9. The monoisotopic (exact) mass is 549 g/mol. The molecule has 1 heterocycles. The smallest absolute Gasteiger partial charge is 0.390 e. The van der Waals surface area contributed by atoms with Gasteiger partial charge in [-0.3, -0.25) is 9.59 Å². The van der Waals surface area contributed by atoms with Crippen molar-refractivity contribution in [1.29, 1.82) is 0 Å². The molecular weight excluding hydrogens is 519 g/mol. The molecule has 3 aromatic rings. The summed E-state index contributed by atoms with van der Waals surface area (Å²) < 4.78 is 50.0. The summed E-state index contributed by atoms with van der Waals surface area (Å²) in [5.41, 5.74) is 1.82. The van der Waals surface area contributed by atoms with Crippen molar-refractivity contribution in [2.45, 2.75) is 44.9 Å². The number of methoxy groups -OCH3 is 2. The molecule has 0 fully saturated rings. The van der Waals surface area contributed by atoms with Gasteiger partial charge in [0.15, 0.2) is 6.04 Å². The number of hydrogen-bond acceptors (Lipinski definition) is 6. The number of hydrogen-bond donors (Lipinski definition) is 1. The second-order valence-electron chi connectivity index (χ2n) is 8.56. The number of amides is 2. The zero-order valence-corrected chi connectivity index (χ0v) is 22.2. The number of nitrogens with zero attached hydrogens (tertiary/aromatic N) is 2. The molecule has 7 nitrogen and oxygen atoms in total. The zero-order valence-electron chi connectivity index (χ0n) is 21.4. The highest BCUT2D eigenvalue weighted by Gasteiger charge is 2.36. The van der Waals surface area contributed by atoms with Gasteiger partial charge in [0.05, 0.1) is 31.3 Å². The number of aryl methyl sites for hydroxylation is 2. The zero-order chi connectivity index (χ0) is 27.7. The Hall–Kier alpha value is -3.60. The number of halogens is 3. The quantitative estimate of drug-likeness (QED) is 0.334. The average Bonchev–Trinajstić information content (AvgIpc) is 3.33. The molecule has 1 aromatic heterocycles. The number of alkyl halides is 3. The lowest BCUT2D eigenvalue weighted by Crippen LogP contribution is -2.45. The Morgan fingerprint density at radius 2 is 1.58 bits per heavy atom. The van der Waals surface area contributed by atoms with E-state index in [0.29, 0.717) is 22.9 Å². The predicted molar refractivity (Wildman–Crippen MR) is 138 cm³/mol. The summed E-state index contributed by atoms with van der Waals surface area (Å²) in [4.78, 5) is 32.1. The van der Waals surface area contributed by atoms with Crippen molar-refractivity contribution < 1.29 is 32.2 Å². The number of carbonyl (C=O) groups is 2. The van der Waals surface area contributed by atoms with Crippen molar-refractivity contribution in [1.82, 2.24) is 15.2 Å². The van der Waals surface area contributed by atoms with Gasteiger partial charge in [-0.1, -0.05) is 24.3 Å². The van der Waals surface area contributed by atoms with Gasteiger partial charge in [0.2, 0.25) is 11.8 Å². The third kappa shape index (κ3) is 8.47. The van der Waals surface area contributed by atoms with Crippen LogP contribution in [0.4, 0.5) is 13.2 Å². The number of carbonyl (C=O) groups excluding carboxylic acids is 2. The summed E-state index contributed by atoms with van der Waals surface area (Å²) >= 11 is 1.26. The van der Waals surface area contributed by atoms with Gasteiger partial charge in [-0.25, -0.2) is 4.98 Å².